The molecular formula is C12H16ClNO2. The predicted octanol–water partition coefficient (Wildman–Crippen LogP) is 2.03. The van der Waals surface area contributed by atoms with E-state index in [0.717, 1.165) is 11.4 Å². The normalized spacial score (nSPS) is 18.0. The minimum absolute atomic E-state index is 0.421. The third-order valence-electron chi connectivity index (χ3n) is 2.38. The fourth-order valence-electron chi connectivity index (χ4n) is 1.63. The first-order chi connectivity index (χ1) is 7.69. The number of alkyl halides is 1. The molecule has 16 heavy (non-hydrogen) atoms. The highest BCUT2D eigenvalue weighted by molar-refractivity contribution is 6.17. The monoisotopic (exact) mass is 241 g/mol. The molecule has 1 aromatic rings. The smallest absolute Gasteiger partial charge is 0.321 e. The van der Waals surface area contributed by atoms with Gasteiger partial charge in [0.1, 0.15) is 6.04 Å². The Morgan fingerprint density at radius 2 is 2.06 bits per heavy atom. The SMILES string of the molecule is CCCl.O=C(O)C1Cc2ccccc2CN1. The molecule has 1 heterocycles. The summed E-state index contributed by atoms with van der Waals surface area (Å²) >= 11 is 5.00. The maximum Gasteiger partial charge on any atom is 0.321 e. The zero-order valence-corrected chi connectivity index (χ0v) is 10.00. The van der Waals surface area contributed by atoms with Gasteiger partial charge >= 0.3 is 5.97 Å². The Labute approximate surface area is 100 Å². The number of carboxylic acids is 1. The summed E-state index contributed by atoms with van der Waals surface area (Å²) < 4.78 is 0. The van der Waals surface area contributed by atoms with E-state index < -0.39 is 12.0 Å². The second-order valence-corrected chi connectivity index (χ2v) is 4.05. The summed E-state index contributed by atoms with van der Waals surface area (Å²) in [7, 11) is 0. The number of hydrogen-bond acceptors (Lipinski definition) is 2. The molecule has 1 atom stereocenters. The van der Waals surface area contributed by atoms with Gasteiger partial charge in [-0.3, -0.25) is 4.79 Å². The van der Waals surface area contributed by atoms with Crippen LogP contribution in [0.2, 0.25) is 0 Å². The summed E-state index contributed by atoms with van der Waals surface area (Å²) in [4.78, 5) is 10.7. The molecule has 0 spiro atoms. The molecule has 2 N–H and O–H groups in total. The summed E-state index contributed by atoms with van der Waals surface area (Å²) in [5, 5.41) is 11.8. The van der Waals surface area contributed by atoms with Crippen molar-refractivity contribution in [3.63, 3.8) is 0 Å². The summed E-state index contributed by atoms with van der Waals surface area (Å²) in [6.07, 6.45) is 0.589. The van der Waals surface area contributed by atoms with E-state index >= 15 is 0 Å². The van der Waals surface area contributed by atoms with Crippen molar-refractivity contribution in [3.05, 3.63) is 35.4 Å². The van der Waals surface area contributed by atoms with Gasteiger partial charge in [-0.25, -0.2) is 0 Å². The molecule has 0 aliphatic carbocycles. The molecule has 1 unspecified atom stereocenters. The summed E-state index contributed by atoms with van der Waals surface area (Å²) in [6.45, 7) is 2.55. The molecule has 0 aromatic heterocycles. The van der Waals surface area contributed by atoms with Crippen LogP contribution in [0.3, 0.4) is 0 Å². The molecule has 0 bridgehead atoms. The van der Waals surface area contributed by atoms with Crippen molar-refractivity contribution in [3.8, 4) is 0 Å². The molecule has 1 aliphatic heterocycles. The lowest BCUT2D eigenvalue weighted by molar-refractivity contribution is -0.139. The average Bonchev–Trinajstić information content (AvgIpc) is 2.29. The van der Waals surface area contributed by atoms with Crippen LogP contribution >= 0.6 is 11.6 Å². The second-order valence-electron chi connectivity index (χ2n) is 3.51. The summed E-state index contributed by atoms with van der Waals surface area (Å²) in [6, 6.07) is 7.52. The molecule has 2 rings (SSSR count). The Morgan fingerprint density at radius 3 is 2.62 bits per heavy atom. The topological polar surface area (TPSA) is 49.3 Å². The van der Waals surface area contributed by atoms with Crippen molar-refractivity contribution >= 4 is 17.6 Å². The highest BCUT2D eigenvalue weighted by Crippen LogP contribution is 2.15. The van der Waals surface area contributed by atoms with Gasteiger partial charge in [-0.1, -0.05) is 31.2 Å². The Hall–Kier alpha value is -1.06. The molecule has 1 aliphatic rings. The maximum atomic E-state index is 10.7. The average molecular weight is 242 g/mol. The first-order valence-electron chi connectivity index (χ1n) is 5.28. The van der Waals surface area contributed by atoms with Crippen molar-refractivity contribution in [2.45, 2.75) is 25.9 Å². The van der Waals surface area contributed by atoms with Crippen molar-refractivity contribution in [2.24, 2.45) is 0 Å². The summed E-state index contributed by atoms with van der Waals surface area (Å²) in [5.41, 5.74) is 2.36. The van der Waals surface area contributed by atoms with E-state index in [-0.39, 0.29) is 0 Å². The number of benzene rings is 1. The molecule has 0 saturated heterocycles. The number of rotatable bonds is 1. The lowest BCUT2D eigenvalue weighted by atomic mass is 9.96. The van der Waals surface area contributed by atoms with E-state index in [1.807, 2.05) is 31.2 Å². The van der Waals surface area contributed by atoms with Crippen LogP contribution in [-0.2, 0) is 17.8 Å². The molecule has 0 fully saturated rings. The highest BCUT2D eigenvalue weighted by Gasteiger charge is 2.22. The number of halogens is 1. The lowest BCUT2D eigenvalue weighted by Gasteiger charge is -2.22. The number of carboxylic acid groups (broad SMARTS) is 1. The van der Waals surface area contributed by atoms with E-state index in [1.165, 1.54) is 5.56 Å². The standard InChI is InChI=1S/C10H11NO2.C2H5Cl/c12-10(13)9-5-7-3-1-2-4-8(7)6-11-9;1-2-3/h1-4,9,11H,5-6H2,(H,12,13);2H2,1H3. The number of fused-ring (bicyclic) bond motifs is 1. The van der Waals surface area contributed by atoms with Crippen molar-refractivity contribution in [1.82, 2.24) is 5.32 Å². The number of aliphatic carboxylic acids is 1. The first kappa shape index (κ1) is 13.0. The van der Waals surface area contributed by atoms with Crippen molar-refractivity contribution in [1.29, 1.82) is 0 Å². The van der Waals surface area contributed by atoms with Crippen LogP contribution in [0.15, 0.2) is 24.3 Å². The van der Waals surface area contributed by atoms with Gasteiger partial charge in [0.05, 0.1) is 0 Å². The molecule has 0 saturated carbocycles. The number of carbonyl (C=O) groups is 1. The zero-order chi connectivity index (χ0) is 12.0. The van der Waals surface area contributed by atoms with Gasteiger partial charge in [0, 0.05) is 12.4 Å². The van der Waals surface area contributed by atoms with Gasteiger partial charge in [0.2, 0.25) is 0 Å². The molecule has 4 heteroatoms. The van der Waals surface area contributed by atoms with Gasteiger partial charge in [0.25, 0.3) is 0 Å². The van der Waals surface area contributed by atoms with Gasteiger partial charge in [-0.15, -0.1) is 11.6 Å². The third-order valence-corrected chi connectivity index (χ3v) is 2.38. The van der Waals surface area contributed by atoms with Gasteiger partial charge < -0.3 is 10.4 Å². The van der Waals surface area contributed by atoms with E-state index in [1.54, 1.807) is 0 Å². The predicted molar refractivity (Wildman–Crippen MR) is 64.8 cm³/mol. The Morgan fingerprint density at radius 1 is 1.50 bits per heavy atom. The minimum Gasteiger partial charge on any atom is -0.480 e. The number of hydrogen-bond donors (Lipinski definition) is 2. The second kappa shape index (κ2) is 6.51. The van der Waals surface area contributed by atoms with Crippen LogP contribution in [-0.4, -0.2) is 23.0 Å². The van der Waals surface area contributed by atoms with Crippen molar-refractivity contribution in [2.75, 3.05) is 5.88 Å². The zero-order valence-electron chi connectivity index (χ0n) is 9.24. The van der Waals surface area contributed by atoms with Crippen LogP contribution in [0.4, 0.5) is 0 Å². The van der Waals surface area contributed by atoms with Crippen LogP contribution in [0, 0.1) is 0 Å². The minimum atomic E-state index is -0.769. The molecule has 0 radical (unpaired) electrons. The van der Waals surface area contributed by atoms with E-state index in [2.05, 4.69) is 5.32 Å². The van der Waals surface area contributed by atoms with Gasteiger partial charge in [0.15, 0.2) is 0 Å². The van der Waals surface area contributed by atoms with Crippen molar-refractivity contribution < 1.29 is 9.90 Å². The van der Waals surface area contributed by atoms with Gasteiger partial charge in [-0.05, 0) is 17.5 Å². The number of nitrogens with one attached hydrogen (secondary N) is 1. The van der Waals surface area contributed by atoms with Crippen LogP contribution in [0.5, 0.6) is 0 Å². The fraction of sp³-hybridized carbons (Fsp3) is 0.417. The molecule has 3 nitrogen and oxygen atoms in total. The molecular weight excluding hydrogens is 226 g/mol. The summed E-state index contributed by atoms with van der Waals surface area (Å²) in [5.74, 6) is -0.0468. The lowest BCUT2D eigenvalue weighted by Crippen LogP contribution is -2.41. The van der Waals surface area contributed by atoms with E-state index in [0.29, 0.717) is 13.0 Å². The third kappa shape index (κ3) is 3.51. The van der Waals surface area contributed by atoms with Gasteiger partial charge in [-0.2, -0.15) is 0 Å². The van der Waals surface area contributed by atoms with Crippen LogP contribution < -0.4 is 5.32 Å². The Bertz CT molecular complexity index is 355. The maximum absolute atomic E-state index is 10.7. The first-order valence-corrected chi connectivity index (χ1v) is 5.81. The molecule has 88 valence electrons. The van der Waals surface area contributed by atoms with Crippen LogP contribution in [0.25, 0.3) is 0 Å². The largest absolute Gasteiger partial charge is 0.480 e. The molecule has 1 aromatic carbocycles. The van der Waals surface area contributed by atoms with E-state index in [9.17, 15) is 4.79 Å². The van der Waals surface area contributed by atoms with E-state index in [4.69, 9.17) is 16.7 Å². The fourth-order valence-corrected chi connectivity index (χ4v) is 1.63. The van der Waals surface area contributed by atoms with Crippen LogP contribution in [0.1, 0.15) is 18.1 Å². The molecule has 0 amide bonds. The quantitative estimate of drug-likeness (QED) is 0.740. The Kier molecular flexibility index (Phi) is 5.29. The Balaban J connectivity index is 0.000000386. The highest BCUT2D eigenvalue weighted by atomic mass is 35.5.